The fourth-order valence-corrected chi connectivity index (χ4v) is 1.34. The normalized spacial score (nSPS) is 10.5. The molecule has 0 atom stereocenters. The minimum atomic E-state index is 0.354. The zero-order chi connectivity index (χ0) is 10.8. The van der Waals surface area contributed by atoms with Gasteiger partial charge in [0.1, 0.15) is 0 Å². The van der Waals surface area contributed by atoms with Gasteiger partial charge in [-0.3, -0.25) is 0 Å². The summed E-state index contributed by atoms with van der Waals surface area (Å²) in [4.78, 5) is 4.22. The third kappa shape index (κ3) is 1.46. The van der Waals surface area contributed by atoms with Crippen LogP contribution in [0.4, 0.5) is 0 Å². The van der Waals surface area contributed by atoms with Crippen LogP contribution in [0.2, 0.25) is 0 Å². The molecule has 1 N–H and O–H groups in total. The van der Waals surface area contributed by atoms with E-state index < -0.39 is 0 Å². The number of nitrogens with one attached hydrogen (secondary N) is 1. The van der Waals surface area contributed by atoms with E-state index in [1.54, 1.807) is 0 Å². The van der Waals surface area contributed by atoms with Crippen molar-refractivity contribution < 1.29 is 4.52 Å². The highest BCUT2D eigenvalue weighted by molar-refractivity contribution is 5.56. The molecule has 0 bridgehead atoms. The second kappa shape index (κ2) is 3.58. The Balaban J connectivity index is 2.00. The lowest BCUT2D eigenvalue weighted by Gasteiger charge is -1.89. The molecule has 3 aromatic rings. The number of hydrogen-bond acceptors (Lipinski definition) is 5. The number of aromatic nitrogens is 5. The van der Waals surface area contributed by atoms with Crippen LogP contribution >= 0.6 is 0 Å². The third-order valence-electron chi connectivity index (χ3n) is 2.09. The van der Waals surface area contributed by atoms with Gasteiger partial charge in [0.2, 0.25) is 5.82 Å². The predicted octanol–water partition coefficient (Wildman–Crippen LogP) is 1.52. The van der Waals surface area contributed by atoms with E-state index in [1.807, 2.05) is 30.3 Å². The average Bonchev–Trinajstić information content (AvgIpc) is 3.01. The molecule has 3 rings (SSSR count). The van der Waals surface area contributed by atoms with Crippen LogP contribution < -0.4 is 0 Å². The first-order valence-corrected chi connectivity index (χ1v) is 4.69. The quantitative estimate of drug-likeness (QED) is 0.698. The molecule has 6 heteroatoms. The molecule has 0 radical (unpaired) electrons. The van der Waals surface area contributed by atoms with E-state index in [2.05, 4.69) is 25.6 Å². The summed E-state index contributed by atoms with van der Waals surface area (Å²) in [5.74, 6) is 0.895. The lowest BCUT2D eigenvalue weighted by molar-refractivity contribution is 0.431. The Hall–Kier alpha value is -2.50. The van der Waals surface area contributed by atoms with Crippen LogP contribution in [0.5, 0.6) is 0 Å². The monoisotopic (exact) mass is 213 g/mol. The predicted molar refractivity (Wildman–Crippen MR) is 55.1 cm³/mol. The summed E-state index contributed by atoms with van der Waals surface area (Å²) < 4.78 is 5.08. The molecule has 0 saturated heterocycles. The fraction of sp³-hybridized carbons (Fsp3) is 0. The van der Waals surface area contributed by atoms with Gasteiger partial charge in [0, 0.05) is 5.56 Å². The number of benzene rings is 1. The van der Waals surface area contributed by atoms with Gasteiger partial charge in [-0.15, -0.1) is 0 Å². The molecule has 0 fully saturated rings. The molecule has 0 aliphatic heterocycles. The zero-order valence-corrected chi connectivity index (χ0v) is 8.16. The highest BCUT2D eigenvalue weighted by Crippen LogP contribution is 2.19. The first kappa shape index (κ1) is 8.78. The first-order chi connectivity index (χ1) is 7.93. The maximum atomic E-state index is 5.08. The first-order valence-electron chi connectivity index (χ1n) is 4.69. The molecule has 78 valence electrons. The summed E-state index contributed by atoms with van der Waals surface area (Å²) >= 11 is 0. The Morgan fingerprint density at radius 3 is 2.75 bits per heavy atom. The number of nitrogens with zero attached hydrogens (tertiary/aromatic N) is 4. The van der Waals surface area contributed by atoms with E-state index in [-0.39, 0.29) is 0 Å². The van der Waals surface area contributed by atoms with Crippen LogP contribution in [0.15, 0.2) is 41.1 Å². The minimum Gasteiger partial charge on any atom is -0.332 e. The van der Waals surface area contributed by atoms with Gasteiger partial charge in [0.15, 0.2) is 5.69 Å². The molecule has 0 aliphatic rings. The van der Waals surface area contributed by atoms with Crippen molar-refractivity contribution in [2.24, 2.45) is 0 Å². The molecule has 0 unspecified atom stereocenters. The van der Waals surface area contributed by atoms with Gasteiger partial charge in [0.25, 0.3) is 5.89 Å². The Bertz CT molecular complexity index is 572. The average molecular weight is 213 g/mol. The Labute approximate surface area is 90.3 Å². The molecule has 16 heavy (non-hydrogen) atoms. The van der Waals surface area contributed by atoms with Gasteiger partial charge in [0.05, 0.1) is 6.20 Å². The molecule has 2 aromatic heterocycles. The van der Waals surface area contributed by atoms with E-state index in [0.717, 1.165) is 5.56 Å². The van der Waals surface area contributed by atoms with Crippen molar-refractivity contribution in [3.63, 3.8) is 0 Å². The second-order valence-electron chi connectivity index (χ2n) is 3.14. The molecule has 6 nitrogen and oxygen atoms in total. The van der Waals surface area contributed by atoms with E-state index in [4.69, 9.17) is 4.52 Å². The number of H-pyrrole nitrogens is 1. The fourth-order valence-electron chi connectivity index (χ4n) is 1.34. The summed E-state index contributed by atoms with van der Waals surface area (Å²) in [6.45, 7) is 0. The SMILES string of the molecule is c1ccc(-c2noc(-c3cn[nH]n3)n2)cc1. The molecule has 0 spiro atoms. The van der Waals surface area contributed by atoms with Crippen LogP contribution in [-0.2, 0) is 0 Å². The summed E-state index contributed by atoms with van der Waals surface area (Å²) in [5, 5.41) is 13.9. The van der Waals surface area contributed by atoms with Crippen LogP contribution in [-0.4, -0.2) is 25.6 Å². The molecule has 1 aromatic carbocycles. The smallest absolute Gasteiger partial charge is 0.280 e. The van der Waals surface area contributed by atoms with Gasteiger partial charge in [-0.25, -0.2) is 0 Å². The standard InChI is InChI=1S/C10H7N5O/c1-2-4-7(5-3-1)9-12-10(16-14-9)8-6-11-15-13-8/h1-6H,(H,11,13,15). The van der Waals surface area contributed by atoms with Crippen molar-refractivity contribution in [2.75, 3.05) is 0 Å². The van der Waals surface area contributed by atoms with Crippen molar-refractivity contribution in [3.05, 3.63) is 36.5 Å². The maximum absolute atomic E-state index is 5.08. The summed E-state index contributed by atoms with van der Waals surface area (Å²) in [7, 11) is 0. The van der Waals surface area contributed by atoms with Gasteiger partial charge in [-0.05, 0) is 0 Å². The highest BCUT2D eigenvalue weighted by atomic mass is 16.5. The molecule has 2 heterocycles. The van der Waals surface area contributed by atoms with Crippen molar-refractivity contribution in [3.8, 4) is 23.0 Å². The van der Waals surface area contributed by atoms with Gasteiger partial charge in [-0.2, -0.15) is 20.4 Å². The van der Waals surface area contributed by atoms with Crippen molar-refractivity contribution in [2.45, 2.75) is 0 Å². The molecule has 0 aliphatic carbocycles. The van der Waals surface area contributed by atoms with Crippen LogP contribution in [0, 0.1) is 0 Å². The molecule has 0 amide bonds. The van der Waals surface area contributed by atoms with Crippen molar-refractivity contribution >= 4 is 0 Å². The third-order valence-corrected chi connectivity index (χ3v) is 2.09. The Morgan fingerprint density at radius 2 is 2.00 bits per heavy atom. The number of rotatable bonds is 2. The van der Waals surface area contributed by atoms with Gasteiger partial charge < -0.3 is 4.52 Å². The largest absolute Gasteiger partial charge is 0.332 e. The van der Waals surface area contributed by atoms with E-state index in [1.165, 1.54) is 6.20 Å². The van der Waals surface area contributed by atoms with Crippen LogP contribution in [0.1, 0.15) is 0 Å². The molecule has 0 saturated carbocycles. The summed E-state index contributed by atoms with van der Waals surface area (Å²) in [6, 6.07) is 9.60. The lowest BCUT2D eigenvalue weighted by atomic mass is 10.2. The van der Waals surface area contributed by atoms with E-state index in [9.17, 15) is 0 Å². The molecular weight excluding hydrogens is 206 g/mol. The van der Waals surface area contributed by atoms with Gasteiger partial charge >= 0.3 is 0 Å². The van der Waals surface area contributed by atoms with Crippen LogP contribution in [0.25, 0.3) is 23.0 Å². The second-order valence-corrected chi connectivity index (χ2v) is 3.14. The molecular formula is C10H7N5O. The summed E-state index contributed by atoms with van der Waals surface area (Å²) in [5.41, 5.74) is 1.44. The Morgan fingerprint density at radius 1 is 1.12 bits per heavy atom. The highest BCUT2D eigenvalue weighted by Gasteiger charge is 2.11. The van der Waals surface area contributed by atoms with Gasteiger partial charge in [-0.1, -0.05) is 35.5 Å². The van der Waals surface area contributed by atoms with Crippen LogP contribution in [0.3, 0.4) is 0 Å². The maximum Gasteiger partial charge on any atom is 0.280 e. The zero-order valence-electron chi connectivity index (χ0n) is 8.16. The van der Waals surface area contributed by atoms with Crippen molar-refractivity contribution in [1.82, 2.24) is 25.6 Å². The minimum absolute atomic E-state index is 0.354. The topological polar surface area (TPSA) is 80.5 Å². The van der Waals surface area contributed by atoms with E-state index in [0.29, 0.717) is 17.4 Å². The number of aromatic amines is 1. The van der Waals surface area contributed by atoms with Crippen molar-refractivity contribution in [1.29, 1.82) is 0 Å². The lowest BCUT2D eigenvalue weighted by Crippen LogP contribution is -1.80. The summed E-state index contributed by atoms with van der Waals surface area (Å²) in [6.07, 6.45) is 1.53. The van der Waals surface area contributed by atoms with E-state index >= 15 is 0 Å². The number of hydrogen-bond donors (Lipinski definition) is 1. The Kier molecular flexibility index (Phi) is 1.96.